The number of thiazole rings is 1. The van der Waals surface area contributed by atoms with Crippen molar-refractivity contribution in [2.45, 2.75) is 59.0 Å². The monoisotopic (exact) mass is 335 g/mol. The van der Waals surface area contributed by atoms with Gasteiger partial charge in [0.2, 0.25) is 5.91 Å². The molecule has 0 fully saturated rings. The van der Waals surface area contributed by atoms with Gasteiger partial charge in [-0.1, -0.05) is 25.2 Å². The first-order valence-electron chi connectivity index (χ1n) is 7.05. The zero-order chi connectivity index (χ0) is 15.3. The smallest absolute Gasteiger partial charge is 0.307 e. The number of nitrogens with zero attached hydrogens (tertiary/aromatic N) is 1. The number of hydrogen-bond acceptors (Lipinski definition) is 4. The van der Waals surface area contributed by atoms with Crippen LogP contribution in [0, 0.1) is 13.8 Å². The van der Waals surface area contributed by atoms with Crippen LogP contribution in [0.15, 0.2) is 4.79 Å². The van der Waals surface area contributed by atoms with Gasteiger partial charge in [0.15, 0.2) is 0 Å². The number of aryl methyl sites for hydroxylation is 1. The molecule has 1 amide bonds. The van der Waals surface area contributed by atoms with Crippen molar-refractivity contribution in [1.82, 2.24) is 9.88 Å². The molecule has 7 heteroatoms. The highest BCUT2D eigenvalue weighted by Crippen LogP contribution is 2.11. The molecule has 5 nitrogen and oxygen atoms in total. The maximum Gasteiger partial charge on any atom is 0.307 e. The fraction of sp³-hybridized carbons (Fsp3) is 0.714. The molecular weight excluding hydrogens is 310 g/mol. The highest BCUT2D eigenvalue weighted by Gasteiger charge is 2.20. The lowest BCUT2D eigenvalue weighted by Gasteiger charge is -2.26. The summed E-state index contributed by atoms with van der Waals surface area (Å²) < 4.78 is 1.66. The third-order valence-corrected chi connectivity index (χ3v) is 4.98. The number of halogens is 1. The molecule has 0 aliphatic heterocycles. The Bertz CT molecular complexity index is 521. The van der Waals surface area contributed by atoms with E-state index in [0.29, 0.717) is 19.5 Å². The van der Waals surface area contributed by atoms with Crippen LogP contribution < -0.4 is 15.9 Å². The Morgan fingerprint density at radius 2 is 1.90 bits per heavy atom. The minimum Gasteiger partial charge on any atom is -0.354 e. The first-order chi connectivity index (χ1) is 9.33. The van der Waals surface area contributed by atoms with Gasteiger partial charge in [-0.2, -0.15) is 0 Å². The Labute approximate surface area is 136 Å². The van der Waals surface area contributed by atoms with Crippen molar-refractivity contribution in [1.29, 1.82) is 0 Å². The number of rotatable bonds is 7. The summed E-state index contributed by atoms with van der Waals surface area (Å²) in [5, 5.41) is 2.87. The van der Waals surface area contributed by atoms with Gasteiger partial charge in [-0.25, -0.2) is 0 Å². The number of carbonyl (C=O) groups is 1. The Morgan fingerprint density at radius 3 is 2.33 bits per heavy atom. The molecule has 3 N–H and O–H groups in total. The first-order valence-corrected chi connectivity index (χ1v) is 7.87. The molecule has 1 aromatic heterocycles. The molecule has 0 aliphatic carbocycles. The molecule has 0 aromatic carbocycles. The van der Waals surface area contributed by atoms with Crippen LogP contribution in [0.1, 0.15) is 43.7 Å². The number of aromatic nitrogens is 1. The molecule has 0 saturated heterocycles. The normalized spacial score (nSPS) is 11.1. The Morgan fingerprint density at radius 1 is 1.33 bits per heavy atom. The van der Waals surface area contributed by atoms with Crippen molar-refractivity contribution >= 4 is 29.7 Å². The molecule has 122 valence electrons. The average Bonchev–Trinajstić information content (AvgIpc) is 2.67. The minimum atomic E-state index is -0.332. The third kappa shape index (κ3) is 5.45. The van der Waals surface area contributed by atoms with E-state index < -0.39 is 0 Å². The van der Waals surface area contributed by atoms with Gasteiger partial charge in [-0.3, -0.25) is 9.59 Å². The fourth-order valence-electron chi connectivity index (χ4n) is 1.92. The van der Waals surface area contributed by atoms with E-state index in [9.17, 15) is 9.59 Å². The number of nitrogens with one attached hydrogen (secondary N) is 1. The molecule has 1 heterocycles. The van der Waals surface area contributed by atoms with E-state index in [4.69, 9.17) is 5.73 Å². The number of amides is 1. The van der Waals surface area contributed by atoms with Crippen LogP contribution in [0.25, 0.3) is 0 Å². The van der Waals surface area contributed by atoms with E-state index in [-0.39, 0.29) is 28.7 Å². The largest absolute Gasteiger partial charge is 0.354 e. The molecule has 0 aliphatic rings. The quantitative estimate of drug-likeness (QED) is 0.799. The topological polar surface area (TPSA) is 77.1 Å². The van der Waals surface area contributed by atoms with Crippen molar-refractivity contribution < 1.29 is 4.79 Å². The van der Waals surface area contributed by atoms with Gasteiger partial charge in [0.05, 0.1) is 0 Å². The molecule has 1 rings (SSSR count). The lowest BCUT2D eigenvalue weighted by atomic mass is 9.94. The van der Waals surface area contributed by atoms with Gasteiger partial charge in [0.1, 0.15) is 0 Å². The van der Waals surface area contributed by atoms with Crippen LogP contribution in [0.5, 0.6) is 0 Å². The summed E-state index contributed by atoms with van der Waals surface area (Å²) in [6.45, 7) is 8.78. The summed E-state index contributed by atoms with van der Waals surface area (Å²) in [5.41, 5.74) is 6.75. The van der Waals surface area contributed by atoms with Gasteiger partial charge < -0.3 is 15.6 Å². The van der Waals surface area contributed by atoms with Crippen LogP contribution in [-0.2, 0) is 11.3 Å². The van der Waals surface area contributed by atoms with Crippen LogP contribution in [0.2, 0.25) is 0 Å². The molecule has 1 aromatic rings. The summed E-state index contributed by atoms with van der Waals surface area (Å²) in [6, 6.07) is 0. The van der Waals surface area contributed by atoms with E-state index >= 15 is 0 Å². The van der Waals surface area contributed by atoms with Crippen LogP contribution in [0.4, 0.5) is 0 Å². The minimum absolute atomic E-state index is 0. The fourth-order valence-corrected chi connectivity index (χ4v) is 2.78. The van der Waals surface area contributed by atoms with Crippen LogP contribution >= 0.6 is 23.7 Å². The Balaban J connectivity index is 0.00000400. The van der Waals surface area contributed by atoms with Crippen LogP contribution in [0.3, 0.4) is 0 Å². The van der Waals surface area contributed by atoms with E-state index in [1.165, 1.54) is 11.3 Å². The molecule has 0 radical (unpaired) electrons. The second-order valence-corrected chi connectivity index (χ2v) is 6.42. The molecule has 0 unspecified atom stereocenters. The average molecular weight is 336 g/mol. The van der Waals surface area contributed by atoms with E-state index in [1.807, 2.05) is 27.7 Å². The van der Waals surface area contributed by atoms with Crippen molar-refractivity contribution in [3.05, 3.63) is 20.2 Å². The zero-order valence-electron chi connectivity index (χ0n) is 13.2. The highest BCUT2D eigenvalue weighted by molar-refractivity contribution is 7.09. The summed E-state index contributed by atoms with van der Waals surface area (Å²) in [6.07, 6.45) is 1.96. The van der Waals surface area contributed by atoms with Gasteiger partial charge in [-0.15, -0.1) is 12.4 Å². The van der Waals surface area contributed by atoms with Gasteiger partial charge in [-0.05, 0) is 26.7 Å². The summed E-state index contributed by atoms with van der Waals surface area (Å²) >= 11 is 1.23. The summed E-state index contributed by atoms with van der Waals surface area (Å²) in [4.78, 5) is 24.6. The molecule has 0 spiro atoms. The predicted molar refractivity (Wildman–Crippen MR) is 90.4 cm³/mol. The van der Waals surface area contributed by atoms with Crippen molar-refractivity contribution in [2.75, 3.05) is 6.54 Å². The number of nitrogens with two attached hydrogens (primary N) is 1. The molecular formula is C14H26ClN3O2S. The van der Waals surface area contributed by atoms with Crippen molar-refractivity contribution in [3.63, 3.8) is 0 Å². The van der Waals surface area contributed by atoms with E-state index in [2.05, 4.69) is 5.32 Å². The maximum atomic E-state index is 11.8. The second-order valence-electron chi connectivity index (χ2n) is 5.26. The standard InChI is InChI=1S/C14H25N3O2S.ClH/c1-5-14(15,6-2)9-16-12(18)7-8-17-10(3)11(4)20-13(17)19;/h5-9,15H2,1-4H3,(H,16,18);1H. The SMILES string of the molecule is CCC(N)(CC)CNC(=O)CCn1c(C)c(C)sc1=O.Cl. The Kier molecular flexibility index (Phi) is 8.21. The van der Waals surface area contributed by atoms with Crippen LogP contribution in [-0.4, -0.2) is 22.6 Å². The van der Waals surface area contributed by atoms with E-state index in [0.717, 1.165) is 23.4 Å². The molecule has 0 bridgehead atoms. The first kappa shape index (κ1) is 20.1. The molecule has 0 atom stereocenters. The maximum absolute atomic E-state index is 11.8. The van der Waals surface area contributed by atoms with Crippen molar-refractivity contribution in [2.24, 2.45) is 5.73 Å². The predicted octanol–water partition coefficient (Wildman–Crippen LogP) is 1.97. The van der Waals surface area contributed by atoms with E-state index in [1.54, 1.807) is 4.57 Å². The summed E-state index contributed by atoms with van der Waals surface area (Å²) in [5.74, 6) is -0.0584. The van der Waals surface area contributed by atoms with Crippen molar-refractivity contribution in [3.8, 4) is 0 Å². The number of carbonyl (C=O) groups excluding carboxylic acids is 1. The second kappa shape index (κ2) is 8.56. The molecule has 0 saturated carbocycles. The highest BCUT2D eigenvalue weighted by atomic mass is 35.5. The van der Waals surface area contributed by atoms with Gasteiger partial charge in [0.25, 0.3) is 0 Å². The van der Waals surface area contributed by atoms with Gasteiger partial charge in [0, 0.05) is 35.6 Å². The third-order valence-electron chi connectivity index (χ3n) is 3.98. The Hall–Kier alpha value is -0.850. The number of hydrogen-bond donors (Lipinski definition) is 2. The summed E-state index contributed by atoms with van der Waals surface area (Å²) in [7, 11) is 0. The lowest BCUT2D eigenvalue weighted by Crippen LogP contribution is -2.49. The lowest BCUT2D eigenvalue weighted by molar-refractivity contribution is -0.121. The zero-order valence-corrected chi connectivity index (χ0v) is 14.8. The molecule has 21 heavy (non-hydrogen) atoms. The van der Waals surface area contributed by atoms with Gasteiger partial charge >= 0.3 is 4.87 Å².